The van der Waals surface area contributed by atoms with Crippen LogP contribution in [0.25, 0.3) is 0 Å². The summed E-state index contributed by atoms with van der Waals surface area (Å²) in [7, 11) is 0. The highest BCUT2D eigenvalue weighted by Crippen LogP contribution is 2.29. The van der Waals surface area contributed by atoms with E-state index in [4.69, 9.17) is 0 Å². The SMILES string of the molecule is CCNCSc1ccc(Br)s1. The Balaban J connectivity index is 2.27. The van der Waals surface area contributed by atoms with Gasteiger partial charge >= 0.3 is 0 Å². The first-order chi connectivity index (χ1) is 5.33. The van der Waals surface area contributed by atoms with Gasteiger partial charge in [0.2, 0.25) is 0 Å². The maximum Gasteiger partial charge on any atom is 0.0710 e. The predicted molar refractivity (Wildman–Crippen MR) is 56.4 cm³/mol. The fourth-order valence-corrected chi connectivity index (χ4v) is 3.34. The molecule has 0 aromatic carbocycles. The van der Waals surface area contributed by atoms with E-state index in [1.54, 1.807) is 11.3 Å². The van der Waals surface area contributed by atoms with Crippen molar-refractivity contribution in [1.29, 1.82) is 0 Å². The van der Waals surface area contributed by atoms with Crippen molar-refractivity contribution >= 4 is 39.0 Å². The van der Waals surface area contributed by atoms with Crippen LogP contribution >= 0.6 is 39.0 Å². The molecule has 0 amide bonds. The zero-order valence-corrected chi connectivity index (χ0v) is 9.48. The Morgan fingerprint density at radius 1 is 1.64 bits per heavy atom. The summed E-state index contributed by atoms with van der Waals surface area (Å²) in [6.07, 6.45) is 0. The Morgan fingerprint density at radius 3 is 3.00 bits per heavy atom. The summed E-state index contributed by atoms with van der Waals surface area (Å²) in [4.78, 5) is 0. The predicted octanol–water partition coefficient (Wildman–Crippen LogP) is 3.17. The molecule has 0 spiro atoms. The third-order valence-electron chi connectivity index (χ3n) is 1.12. The van der Waals surface area contributed by atoms with Gasteiger partial charge in [0.05, 0.1) is 8.00 Å². The van der Waals surface area contributed by atoms with Crippen molar-refractivity contribution in [3.05, 3.63) is 15.9 Å². The van der Waals surface area contributed by atoms with E-state index in [-0.39, 0.29) is 0 Å². The molecule has 0 unspecified atom stereocenters. The first kappa shape index (κ1) is 9.58. The smallest absolute Gasteiger partial charge is 0.0710 e. The van der Waals surface area contributed by atoms with Crippen molar-refractivity contribution in [2.24, 2.45) is 0 Å². The molecule has 1 aromatic rings. The maximum absolute atomic E-state index is 3.43. The van der Waals surface area contributed by atoms with Gasteiger partial charge in [-0.3, -0.25) is 0 Å². The van der Waals surface area contributed by atoms with Gasteiger partial charge in [0.15, 0.2) is 0 Å². The van der Waals surface area contributed by atoms with Gasteiger partial charge in [-0.05, 0) is 34.6 Å². The summed E-state index contributed by atoms with van der Waals surface area (Å²) in [5, 5.41) is 3.26. The fraction of sp³-hybridized carbons (Fsp3) is 0.429. The normalized spacial score (nSPS) is 10.4. The Kier molecular flexibility index (Phi) is 4.52. The minimum absolute atomic E-state index is 1.00. The molecular weight excluding hydrogens is 242 g/mol. The minimum atomic E-state index is 1.00. The molecule has 0 fully saturated rings. The monoisotopic (exact) mass is 251 g/mol. The van der Waals surface area contributed by atoms with Crippen molar-refractivity contribution in [1.82, 2.24) is 5.32 Å². The van der Waals surface area contributed by atoms with E-state index < -0.39 is 0 Å². The molecule has 1 heterocycles. The molecule has 0 bridgehead atoms. The van der Waals surface area contributed by atoms with Crippen molar-refractivity contribution in [2.45, 2.75) is 11.1 Å². The summed E-state index contributed by atoms with van der Waals surface area (Å²) < 4.78 is 2.56. The molecule has 1 aromatic heterocycles. The number of nitrogens with one attached hydrogen (secondary N) is 1. The van der Waals surface area contributed by atoms with Crippen LogP contribution in [-0.4, -0.2) is 12.4 Å². The van der Waals surface area contributed by atoms with Gasteiger partial charge in [-0.1, -0.05) is 18.7 Å². The molecule has 11 heavy (non-hydrogen) atoms. The van der Waals surface area contributed by atoms with E-state index in [0.717, 1.165) is 12.4 Å². The van der Waals surface area contributed by atoms with E-state index in [1.165, 1.54) is 8.00 Å². The lowest BCUT2D eigenvalue weighted by molar-refractivity contribution is 0.840. The second-order valence-corrected chi connectivity index (χ2v) is 5.69. The fourth-order valence-electron chi connectivity index (χ4n) is 0.599. The van der Waals surface area contributed by atoms with Gasteiger partial charge in [0.1, 0.15) is 0 Å². The van der Waals surface area contributed by atoms with Gasteiger partial charge < -0.3 is 5.32 Å². The van der Waals surface area contributed by atoms with Gasteiger partial charge in [-0.2, -0.15) is 0 Å². The molecule has 1 N–H and O–H groups in total. The number of thioether (sulfide) groups is 1. The molecule has 1 rings (SSSR count). The molecule has 0 saturated carbocycles. The second-order valence-electron chi connectivity index (χ2n) is 1.95. The standard InChI is InChI=1S/C7H10BrNS2/c1-2-9-5-10-7-4-3-6(8)11-7/h3-4,9H,2,5H2,1H3. The van der Waals surface area contributed by atoms with Crippen LogP contribution in [0.2, 0.25) is 0 Å². The van der Waals surface area contributed by atoms with Crippen molar-refractivity contribution < 1.29 is 0 Å². The van der Waals surface area contributed by atoms with E-state index in [0.29, 0.717) is 0 Å². The van der Waals surface area contributed by atoms with Gasteiger partial charge in [-0.15, -0.1) is 11.3 Å². The average Bonchev–Trinajstić information content (AvgIpc) is 2.37. The zero-order valence-electron chi connectivity index (χ0n) is 6.26. The van der Waals surface area contributed by atoms with Gasteiger partial charge in [0, 0.05) is 5.88 Å². The lowest BCUT2D eigenvalue weighted by Gasteiger charge is -1.96. The first-order valence-corrected chi connectivity index (χ1v) is 6.01. The summed E-state index contributed by atoms with van der Waals surface area (Å²) in [6.45, 7) is 3.16. The van der Waals surface area contributed by atoms with E-state index in [1.807, 2.05) is 11.8 Å². The summed E-state index contributed by atoms with van der Waals surface area (Å²) >= 11 is 7.05. The summed E-state index contributed by atoms with van der Waals surface area (Å²) in [5.41, 5.74) is 0. The zero-order chi connectivity index (χ0) is 8.10. The molecule has 0 radical (unpaired) electrons. The van der Waals surface area contributed by atoms with E-state index in [9.17, 15) is 0 Å². The molecule has 1 nitrogen and oxygen atoms in total. The molecule has 62 valence electrons. The Bertz CT molecular complexity index is 212. The third-order valence-corrected chi connectivity index (χ3v) is 3.91. The number of thiophene rings is 1. The molecular formula is C7H10BrNS2. The lowest BCUT2D eigenvalue weighted by atomic mass is 10.7. The number of halogens is 1. The van der Waals surface area contributed by atoms with Crippen LogP contribution < -0.4 is 5.32 Å². The Hall–Kier alpha value is 0.490. The van der Waals surface area contributed by atoms with Crippen LogP contribution in [0, 0.1) is 0 Å². The molecule has 0 aliphatic rings. The second kappa shape index (κ2) is 5.19. The highest BCUT2D eigenvalue weighted by atomic mass is 79.9. The van der Waals surface area contributed by atoms with Crippen molar-refractivity contribution in [3.8, 4) is 0 Å². The van der Waals surface area contributed by atoms with Crippen LogP contribution in [0.4, 0.5) is 0 Å². The molecule has 4 heteroatoms. The summed E-state index contributed by atoms with van der Waals surface area (Å²) in [6, 6.07) is 4.22. The largest absolute Gasteiger partial charge is 0.308 e. The van der Waals surface area contributed by atoms with Crippen molar-refractivity contribution in [3.63, 3.8) is 0 Å². The average molecular weight is 252 g/mol. The van der Waals surface area contributed by atoms with Gasteiger partial charge in [0.25, 0.3) is 0 Å². The van der Waals surface area contributed by atoms with E-state index >= 15 is 0 Å². The lowest BCUT2D eigenvalue weighted by Crippen LogP contribution is -2.10. The molecule has 0 aliphatic carbocycles. The van der Waals surface area contributed by atoms with Crippen LogP contribution in [0.3, 0.4) is 0 Å². The highest BCUT2D eigenvalue weighted by Gasteiger charge is 1.96. The van der Waals surface area contributed by atoms with Crippen LogP contribution in [0.5, 0.6) is 0 Å². The quantitative estimate of drug-likeness (QED) is 0.502. The van der Waals surface area contributed by atoms with Crippen molar-refractivity contribution in [2.75, 3.05) is 12.4 Å². The first-order valence-electron chi connectivity index (χ1n) is 3.41. The minimum Gasteiger partial charge on any atom is -0.308 e. The molecule has 0 atom stereocenters. The number of hydrogen-bond donors (Lipinski definition) is 1. The molecule has 0 aliphatic heterocycles. The maximum atomic E-state index is 3.43. The topological polar surface area (TPSA) is 12.0 Å². The van der Waals surface area contributed by atoms with Crippen LogP contribution in [0.1, 0.15) is 6.92 Å². The van der Waals surface area contributed by atoms with Gasteiger partial charge in [-0.25, -0.2) is 0 Å². The number of hydrogen-bond acceptors (Lipinski definition) is 3. The Labute approximate surface area is 83.7 Å². The highest BCUT2D eigenvalue weighted by molar-refractivity contribution is 9.11. The molecule has 0 saturated heterocycles. The summed E-state index contributed by atoms with van der Waals surface area (Å²) in [5.74, 6) is 1.00. The third kappa shape index (κ3) is 3.60. The Morgan fingerprint density at radius 2 is 2.45 bits per heavy atom. The number of rotatable bonds is 4. The van der Waals surface area contributed by atoms with Crippen LogP contribution in [-0.2, 0) is 0 Å². The van der Waals surface area contributed by atoms with Crippen LogP contribution in [0.15, 0.2) is 20.1 Å². The van der Waals surface area contributed by atoms with E-state index in [2.05, 4.69) is 40.3 Å².